The Hall–Kier alpha value is -2.13. The van der Waals surface area contributed by atoms with Crippen molar-refractivity contribution < 1.29 is 8.42 Å². The van der Waals surface area contributed by atoms with Crippen molar-refractivity contribution in [1.82, 2.24) is 0 Å². The molecule has 0 unspecified atom stereocenters. The van der Waals surface area contributed by atoms with Gasteiger partial charge in [0.2, 0.25) is 9.84 Å². The Kier molecular flexibility index (Phi) is 16.1. The molecule has 216 valence electrons. The van der Waals surface area contributed by atoms with Crippen molar-refractivity contribution in [2.75, 3.05) is 0 Å². The van der Waals surface area contributed by atoms with Crippen LogP contribution in [0.5, 0.6) is 0 Å². The van der Waals surface area contributed by atoms with E-state index in [1.165, 1.54) is 64.2 Å². The Bertz CT molecular complexity index is 1020. The van der Waals surface area contributed by atoms with Crippen molar-refractivity contribution in [2.24, 2.45) is 0 Å². The van der Waals surface area contributed by atoms with E-state index < -0.39 is 9.84 Å². The van der Waals surface area contributed by atoms with Crippen molar-refractivity contribution in [3.8, 4) is 0 Å². The second-order valence-electron chi connectivity index (χ2n) is 11.3. The van der Waals surface area contributed by atoms with Gasteiger partial charge in [0.1, 0.15) is 0 Å². The Morgan fingerprint density at radius 1 is 0.538 bits per heavy atom. The van der Waals surface area contributed by atoms with E-state index in [0.717, 1.165) is 73.6 Å². The van der Waals surface area contributed by atoms with Crippen LogP contribution in [0.1, 0.15) is 125 Å². The van der Waals surface area contributed by atoms with Gasteiger partial charge in [0, 0.05) is 0 Å². The highest BCUT2D eigenvalue weighted by Gasteiger charge is 2.24. The second kappa shape index (κ2) is 19.0. The van der Waals surface area contributed by atoms with Crippen LogP contribution in [0.15, 0.2) is 71.5 Å². The molecular weight excluding hydrogens is 496 g/mol. The summed E-state index contributed by atoms with van der Waals surface area (Å²) in [7, 11) is -3.57. The van der Waals surface area contributed by atoms with E-state index in [1.54, 1.807) is 0 Å². The normalized spacial score (nSPS) is 11.5. The fourth-order valence-electron chi connectivity index (χ4n) is 5.43. The SMILES string of the molecule is C=CCCCCCCCCCc1cc(C)ccc1S(=O)(=O)c1ccc(C)cc1CCCCCCCCCC=C. The smallest absolute Gasteiger partial charge is 0.207 e. The van der Waals surface area contributed by atoms with Crippen molar-refractivity contribution in [3.63, 3.8) is 0 Å². The van der Waals surface area contributed by atoms with Gasteiger partial charge in [0.15, 0.2) is 0 Å². The Morgan fingerprint density at radius 2 is 0.872 bits per heavy atom. The molecule has 0 saturated heterocycles. The Morgan fingerprint density at radius 3 is 1.23 bits per heavy atom. The van der Waals surface area contributed by atoms with Gasteiger partial charge in [-0.3, -0.25) is 0 Å². The molecular formula is C36H54O2S. The largest absolute Gasteiger partial charge is 0.218 e. The van der Waals surface area contributed by atoms with Crippen LogP contribution in [-0.2, 0) is 22.7 Å². The lowest BCUT2D eigenvalue weighted by Gasteiger charge is -2.15. The monoisotopic (exact) mass is 550 g/mol. The standard InChI is InChI=1S/C36H54O2S/c1-5-7-9-11-13-15-17-19-21-23-33-29-31(3)25-27-35(33)39(37,38)36-28-26-32(4)30-34(36)24-22-20-18-16-14-12-10-8-6-2/h5-6,25-30H,1-2,7-24H2,3-4H3. The lowest BCUT2D eigenvalue weighted by Crippen LogP contribution is -2.09. The first-order valence-corrected chi connectivity index (χ1v) is 17.0. The van der Waals surface area contributed by atoms with Gasteiger partial charge < -0.3 is 0 Å². The lowest BCUT2D eigenvalue weighted by atomic mass is 10.0. The number of rotatable bonds is 22. The van der Waals surface area contributed by atoms with E-state index in [4.69, 9.17) is 0 Å². The number of unbranched alkanes of at least 4 members (excludes halogenated alkanes) is 14. The van der Waals surface area contributed by atoms with E-state index in [2.05, 4.69) is 39.1 Å². The quantitative estimate of drug-likeness (QED) is 0.108. The zero-order chi connectivity index (χ0) is 28.3. The predicted molar refractivity (Wildman–Crippen MR) is 169 cm³/mol. The molecule has 0 amide bonds. The summed E-state index contributed by atoms with van der Waals surface area (Å²) in [5.74, 6) is 0. The first kappa shape index (κ1) is 33.1. The van der Waals surface area contributed by atoms with Crippen molar-refractivity contribution in [1.29, 1.82) is 0 Å². The molecule has 0 N–H and O–H groups in total. The minimum atomic E-state index is -3.57. The van der Waals surface area contributed by atoms with Gasteiger partial charge in [-0.15, -0.1) is 13.2 Å². The first-order valence-electron chi connectivity index (χ1n) is 15.6. The third kappa shape index (κ3) is 12.3. The highest BCUT2D eigenvalue weighted by Crippen LogP contribution is 2.30. The van der Waals surface area contributed by atoms with Crippen LogP contribution in [0.25, 0.3) is 0 Å². The number of hydrogen-bond donors (Lipinski definition) is 0. The molecule has 2 rings (SSSR count). The highest BCUT2D eigenvalue weighted by atomic mass is 32.2. The third-order valence-electron chi connectivity index (χ3n) is 7.72. The van der Waals surface area contributed by atoms with E-state index >= 15 is 0 Å². The molecule has 0 radical (unpaired) electrons. The van der Waals surface area contributed by atoms with Gasteiger partial charge in [-0.2, -0.15) is 0 Å². The maximum absolute atomic E-state index is 14.0. The molecule has 3 heteroatoms. The van der Waals surface area contributed by atoms with Gasteiger partial charge in [0.05, 0.1) is 9.79 Å². The number of benzene rings is 2. The highest BCUT2D eigenvalue weighted by molar-refractivity contribution is 7.91. The minimum absolute atomic E-state index is 0.502. The minimum Gasteiger partial charge on any atom is -0.218 e. The maximum Gasteiger partial charge on any atom is 0.207 e. The summed E-state index contributed by atoms with van der Waals surface area (Å²) in [6.45, 7) is 11.7. The van der Waals surface area contributed by atoms with E-state index in [1.807, 2.05) is 36.4 Å². The van der Waals surface area contributed by atoms with Crippen LogP contribution in [0, 0.1) is 13.8 Å². The Labute approximate surface area is 240 Å². The molecule has 2 nitrogen and oxygen atoms in total. The molecule has 0 fully saturated rings. The van der Waals surface area contributed by atoms with E-state index in [-0.39, 0.29) is 0 Å². The third-order valence-corrected chi connectivity index (χ3v) is 9.67. The van der Waals surface area contributed by atoms with Crippen LogP contribution in [-0.4, -0.2) is 8.42 Å². The summed E-state index contributed by atoms with van der Waals surface area (Å²) < 4.78 is 28.0. The molecule has 0 aliphatic rings. The summed E-state index contributed by atoms with van der Waals surface area (Å²) in [5.41, 5.74) is 4.20. The topological polar surface area (TPSA) is 34.1 Å². The number of allylic oxidation sites excluding steroid dienone is 2. The summed E-state index contributed by atoms with van der Waals surface area (Å²) >= 11 is 0. The molecule has 0 atom stereocenters. The van der Waals surface area contributed by atoms with Gasteiger partial charge >= 0.3 is 0 Å². The molecule has 0 aromatic heterocycles. The predicted octanol–water partition coefficient (Wildman–Crippen LogP) is 10.8. The van der Waals surface area contributed by atoms with Crippen LogP contribution >= 0.6 is 0 Å². The molecule has 2 aromatic rings. The molecule has 39 heavy (non-hydrogen) atoms. The summed E-state index contributed by atoms with van der Waals surface area (Å²) in [6, 6.07) is 11.8. The maximum atomic E-state index is 14.0. The molecule has 0 aliphatic carbocycles. The van der Waals surface area contributed by atoms with Crippen molar-refractivity contribution in [2.45, 2.75) is 139 Å². The van der Waals surface area contributed by atoms with Gasteiger partial charge in [-0.05, 0) is 88.5 Å². The molecule has 0 aliphatic heterocycles. The molecule has 2 aromatic carbocycles. The van der Waals surface area contributed by atoms with E-state index in [9.17, 15) is 8.42 Å². The van der Waals surface area contributed by atoms with E-state index in [0.29, 0.717) is 9.79 Å². The fraction of sp³-hybridized carbons (Fsp3) is 0.556. The van der Waals surface area contributed by atoms with Crippen molar-refractivity contribution >= 4 is 9.84 Å². The zero-order valence-electron chi connectivity index (χ0n) is 25.0. The van der Waals surface area contributed by atoms with Crippen LogP contribution in [0.2, 0.25) is 0 Å². The molecule has 0 heterocycles. The van der Waals surface area contributed by atoms with Crippen LogP contribution in [0.4, 0.5) is 0 Å². The summed E-state index contributed by atoms with van der Waals surface area (Å²) in [5, 5.41) is 0. The average molecular weight is 551 g/mol. The molecule has 0 bridgehead atoms. The first-order chi connectivity index (χ1) is 18.9. The lowest BCUT2D eigenvalue weighted by molar-refractivity contribution is 0.575. The zero-order valence-corrected chi connectivity index (χ0v) is 25.8. The molecule has 0 saturated carbocycles. The van der Waals surface area contributed by atoms with Crippen LogP contribution in [0.3, 0.4) is 0 Å². The van der Waals surface area contributed by atoms with Gasteiger partial charge in [-0.1, -0.05) is 112 Å². The average Bonchev–Trinajstić information content (AvgIpc) is 2.91. The second-order valence-corrected chi connectivity index (χ2v) is 13.2. The van der Waals surface area contributed by atoms with Crippen LogP contribution < -0.4 is 0 Å². The van der Waals surface area contributed by atoms with Gasteiger partial charge in [0.25, 0.3) is 0 Å². The summed E-state index contributed by atoms with van der Waals surface area (Å²) in [4.78, 5) is 1.00. The number of hydrogen-bond acceptors (Lipinski definition) is 2. The van der Waals surface area contributed by atoms with Crippen molar-refractivity contribution in [3.05, 3.63) is 84.0 Å². The number of sulfone groups is 1. The Balaban J connectivity index is 1.99. The number of aryl methyl sites for hydroxylation is 4. The summed E-state index contributed by atoms with van der Waals surface area (Å²) in [6.07, 6.45) is 24.8. The fourth-order valence-corrected chi connectivity index (χ4v) is 7.17. The molecule has 0 spiro atoms. The van der Waals surface area contributed by atoms with Gasteiger partial charge in [-0.25, -0.2) is 8.42 Å².